The molecule has 0 N–H and O–H groups in total. The Morgan fingerprint density at radius 2 is 1.52 bits per heavy atom. The Kier molecular flexibility index (Phi) is 5.77. The highest BCUT2D eigenvalue weighted by Crippen LogP contribution is 2.43. The molecule has 4 nitrogen and oxygen atoms in total. The van der Waals surface area contributed by atoms with Crippen molar-refractivity contribution in [2.45, 2.75) is 20.0 Å². The molecule has 0 aliphatic rings. The van der Waals surface area contributed by atoms with E-state index >= 15 is 0 Å². The van der Waals surface area contributed by atoms with E-state index in [1.807, 2.05) is 68.4 Å². The molecule has 0 aromatic heterocycles. The predicted molar refractivity (Wildman–Crippen MR) is 106 cm³/mol. The summed E-state index contributed by atoms with van der Waals surface area (Å²) in [6, 6.07) is 21.0. The number of para-hydroxylation sites is 1. The summed E-state index contributed by atoms with van der Waals surface area (Å²) in [6.07, 6.45) is 0.685. The van der Waals surface area contributed by atoms with Crippen LogP contribution < -0.4 is 14.2 Å². The molecule has 0 spiro atoms. The zero-order chi connectivity index (χ0) is 19.2. The first-order valence-electron chi connectivity index (χ1n) is 8.78. The fraction of sp³-hybridized carbons (Fsp3) is 0.174. The number of rotatable bonds is 7. The van der Waals surface area contributed by atoms with Gasteiger partial charge >= 0.3 is 0 Å². The number of benzene rings is 3. The second-order valence-corrected chi connectivity index (χ2v) is 6.30. The van der Waals surface area contributed by atoms with Crippen LogP contribution in [-0.4, -0.2) is 19.5 Å². The van der Waals surface area contributed by atoms with Crippen LogP contribution in [0.3, 0.4) is 0 Å². The van der Waals surface area contributed by atoms with E-state index in [2.05, 4.69) is 0 Å². The van der Waals surface area contributed by atoms with Crippen LogP contribution in [0.2, 0.25) is 0 Å². The summed E-state index contributed by atoms with van der Waals surface area (Å²) in [5.74, 6) is 2.04. The molecular formula is C23H22O4. The number of carbonyl (C=O) groups is 1. The van der Waals surface area contributed by atoms with Crippen molar-refractivity contribution in [1.29, 1.82) is 0 Å². The van der Waals surface area contributed by atoms with Gasteiger partial charge in [0, 0.05) is 11.1 Å². The zero-order valence-corrected chi connectivity index (χ0v) is 15.6. The van der Waals surface area contributed by atoms with Gasteiger partial charge in [-0.3, -0.25) is 4.79 Å². The molecule has 0 radical (unpaired) electrons. The van der Waals surface area contributed by atoms with Gasteiger partial charge in [-0.25, -0.2) is 0 Å². The SMILES string of the molecule is COc1cc(C=O)cc(Oc2ccccc2-c2ccccc2)c1OC(C)C. The number of carbonyl (C=O) groups excluding carboxylic acids is 1. The highest BCUT2D eigenvalue weighted by atomic mass is 16.5. The van der Waals surface area contributed by atoms with E-state index in [1.54, 1.807) is 19.2 Å². The molecule has 0 atom stereocenters. The Hall–Kier alpha value is -3.27. The third-order valence-electron chi connectivity index (χ3n) is 3.94. The Balaban J connectivity index is 2.09. The van der Waals surface area contributed by atoms with E-state index in [0.717, 1.165) is 17.4 Å². The van der Waals surface area contributed by atoms with Crippen molar-refractivity contribution >= 4 is 6.29 Å². The molecular weight excluding hydrogens is 340 g/mol. The van der Waals surface area contributed by atoms with Crippen molar-refractivity contribution in [3.05, 3.63) is 72.3 Å². The van der Waals surface area contributed by atoms with Gasteiger partial charge < -0.3 is 14.2 Å². The average molecular weight is 362 g/mol. The molecule has 0 amide bonds. The fourth-order valence-corrected chi connectivity index (χ4v) is 2.77. The van der Waals surface area contributed by atoms with Gasteiger partial charge in [0.15, 0.2) is 11.5 Å². The number of ether oxygens (including phenoxy) is 3. The molecule has 0 fully saturated rings. The van der Waals surface area contributed by atoms with Crippen molar-refractivity contribution in [3.63, 3.8) is 0 Å². The summed E-state index contributed by atoms with van der Waals surface area (Å²) in [4.78, 5) is 11.3. The summed E-state index contributed by atoms with van der Waals surface area (Å²) >= 11 is 0. The standard InChI is InChI=1S/C23H22O4/c1-16(2)26-23-21(25-3)13-17(15-24)14-22(23)27-20-12-8-7-11-19(20)18-9-5-4-6-10-18/h4-16H,1-3H3. The summed E-state index contributed by atoms with van der Waals surface area (Å²) < 4.78 is 17.6. The number of aldehydes is 1. The van der Waals surface area contributed by atoms with Crippen LogP contribution in [0, 0.1) is 0 Å². The molecule has 0 heterocycles. The molecule has 3 aromatic carbocycles. The molecule has 0 bridgehead atoms. The van der Waals surface area contributed by atoms with Gasteiger partial charge in [0.05, 0.1) is 13.2 Å². The van der Waals surface area contributed by atoms with Gasteiger partial charge in [-0.1, -0.05) is 48.5 Å². The minimum absolute atomic E-state index is 0.0762. The smallest absolute Gasteiger partial charge is 0.204 e. The van der Waals surface area contributed by atoms with Crippen LogP contribution >= 0.6 is 0 Å². The first kappa shape index (κ1) is 18.5. The second-order valence-electron chi connectivity index (χ2n) is 6.30. The number of hydrogen-bond donors (Lipinski definition) is 0. The fourth-order valence-electron chi connectivity index (χ4n) is 2.77. The largest absolute Gasteiger partial charge is 0.493 e. The Morgan fingerprint density at radius 1 is 0.852 bits per heavy atom. The van der Waals surface area contributed by atoms with E-state index in [-0.39, 0.29) is 6.10 Å². The third kappa shape index (κ3) is 4.29. The van der Waals surface area contributed by atoms with E-state index in [9.17, 15) is 4.79 Å². The topological polar surface area (TPSA) is 44.8 Å². The van der Waals surface area contributed by atoms with Crippen molar-refractivity contribution in [2.75, 3.05) is 7.11 Å². The molecule has 138 valence electrons. The lowest BCUT2D eigenvalue weighted by molar-refractivity contribution is 0.112. The molecule has 27 heavy (non-hydrogen) atoms. The molecule has 0 aliphatic heterocycles. The average Bonchev–Trinajstić information content (AvgIpc) is 2.69. The van der Waals surface area contributed by atoms with E-state index in [1.165, 1.54) is 0 Å². The van der Waals surface area contributed by atoms with Gasteiger partial charge in [0.1, 0.15) is 12.0 Å². The van der Waals surface area contributed by atoms with Gasteiger partial charge in [0.2, 0.25) is 5.75 Å². The summed E-state index contributed by atoms with van der Waals surface area (Å²) in [5, 5.41) is 0. The monoisotopic (exact) mass is 362 g/mol. The van der Waals surface area contributed by atoms with Crippen molar-refractivity contribution in [3.8, 4) is 34.1 Å². The molecule has 0 unspecified atom stereocenters. The van der Waals surface area contributed by atoms with Crippen molar-refractivity contribution in [2.24, 2.45) is 0 Å². The Bertz CT molecular complexity index is 917. The van der Waals surface area contributed by atoms with Crippen LogP contribution in [0.1, 0.15) is 24.2 Å². The number of methoxy groups -OCH3 is 1. The third-order valence-corrected chi connectivity index (χ3v) is 3.94. The first-order chi connectivity index (χ1) is 13.1. The van der Waals surface area contributed by atoms with E-state index in [0.29, 0.717) is 28.6 Å². The minimum atomic E-state index is -0.0762. The maximum Gasteiger partial charge on any atom is 0.204 e. The molecule has 0 aliphatic carbocycles. The maximum atomic E-state index is 11.3. The molecule has 3 aromatic rings. The maximum absolute atomic E-state index is 11.3. The highest BCUT2D eigenvalue weighted by molar-refractivity contribution is 5.79. The van der Waals surface area contributed by atoms with Crippen molar-refractivity contribution < 1.29 is 19.0 Å². The van der Waals surface area contributed by atoms with Crippen LogP contribution in [-0.2, 0) is 0 Å². The van der Waals surface area contributed by atoms with Gasteiger partial charge in [-0.2, -0.15) is 0 Å². The van der Waals surface area contributed by atoms with Crippen molar-refractivity contribution in [1.82, 2.24) is 0 Å². The highest BCUT2D eigenvalue weighted by Gasteiger charge is 2.18. The van der Waals surface area contributed by atoms with Crippen LogP contribution in [0.15, 0.2) is 66.7 Å². The first-order valence-corrected chi connectivity index (χ1v) is 8.78. The second kappa shape index (κ2) is 8.41. The molecule has 3 rings (SSSR count). The number of hydrogen-bond acceptors (Lipinski definition) is 4. The molecule has 0 saturated carbocycles. The van der Waals surface area contributed by atoms with Gasteiger partial charge in [0.25, 0.3) is 0 Å². The zero-order valence-electron chi connectivity index (χ0n) is 15.6. The van der Waals surface area contributed by atoms with Gasteiger partial charge in [-0.05, 0) is 37.6 Å². The lowest BCUT2D eigenvalue weighted by atomic mass is 10.0. The summed E-state index contributed by atoms with van der Waals surface area (Å²) in [5.41, 5.74) is 2.44. The Labute approximate surface area is 159 Å². The minimum Gasteiger partial charge on any atom is -0.493 e. The lowest BCUT2D eigenvalue weighted by Gasteiger charge is -2.19. The van der Waals surface area contributed by atoms with Crippen LogP contribution in [0.4, 0.5) is 0 Å². The van der Waals surface area contributed by atoms with Gasteiger partial charge in [-0.15, -0.1) is 0 Å². The van der Waals surface area contributed by atoms with Crippen LogP contribution in [0.5, 0.6) is 23.0 Å². The van der Waals surface area contributed by atoms with E-state index < -0.39 is 0 Å². The summed E-state index contributed by atoms with van der Waals surface area (Å²) in [7, 11) is 1.54. The quantitative estimate of drug-likeness (QED) is 0.502. The molecule has 4 heteroatoms. The normalized spacial score (nSPS) is 10.5. The Morgan fingerprint density at radius 3 is 2.19 bits per heavy atom. The van der Waals surface area contributed by atoms with E-state index in [4.69, 9.17) is 14.2 Å². The van der Waals surface area contributed by atoms with Crippen LogP contribution in [0.25, 0.3) is 11.1 Å². The summed E-state index contributed by atoms with van der Waals surface area (Å²) in [6.45, 7) is 3.85. The predicted octanol–water partition coefficient (Wildman–Crippen LogP) is 5.75. The molecule has 0 saturated heterocycles. The lowest BCUT2D eigenvalue weighted by Crippen LogP contribution is -2.08.